The van der Waals surface area contributed by atoms with Crippen LogP contribution >= 0.6 is 23.4 Å². The maximum atomic E-state index is 13.2. The molecule has 1 aromatic heterocycles. The molecular formula is C28H25ClN4O5S. The van der Waals surface area contributed by atoms with Crippen LogP contribution in [0.4, 0.5) is 5.69 Å². The number of halogens is 1. The molecular weight excluding hydrogens is 540 g/mol. The first kappa shape index (κ1) is 26.6. The molecule has 0 unspecified atom stereocenters. The third kappa shape index (κ3) is 5.17. The molecule has 39 heavy (non-hydrogen) atoms. The molecule has 0 N–H and O–H groups in total. The van der Waals surface area contributed by atoms with E-state index in [1.807, 2.05) is 48.5 Å². The first-order chi connectivity index (χ1) is 18.9. The van der Waals surface area contributed by atoms with Crippen molar-refractivity contribution < 1.29 is 23.7 Å². The van der Waals surface area contributed by atoms with Crippen LogP contribution in [0.1, 0.15) is 24.3 Å². The minimum atomic E-state index is -1.00. The molecule has 1 atom stereocenters. The van der Waals surface area contributed by atoms with Crippen LogP contribution in [-0.2, 0) is 10.5 Å². The van der Waals surface area contributed by atoms with Gasteiger partial charge < -0.3 is 18.9 Å². The van der Waals surface area contributed by atoms with Crippen molar-refractivity contribution >= 4 is 35.0 Å². The minimum absolute atomic E-state index is 0.216. The van der Waals surface area contributed by atoms with Gasteiger partial charge in [-0.15, -0.1) is 10.2 Å². The Balaban J connectivity index is 1.65. The maximum Gasteiger partial charge on any atom is 0.247 e. The smallest absolute Gasteiger partial charge is 0.247 e. The lowest BCUT2D eigenvalue weighted by atomic mass is 10.1. The van der Waals surface area contributed by atoms with Gasteiger partial charge in [0.25, 0.3) is 0 Å². The number of hydrogen-bond donors (Lipinski definition) is 0. The van der Waals surface area contributed by atoms with Crippen LogP contribution in [0.2, 0.25) is 5.02 Å². The highest BCUT2D eigenvalue weighted by Gasteiger charge is 2.38. The average Bonchev–Trinajstić information content (AvgIpc) is 3.10. The highest BCUT2D eigenvalue weighted by atomic mass is 35.5. The summed E-state index contributed by atoms with van der Waals surface area (Å²) in [6.07, 6.45) is -1.00. The van der Waals surface area contributed by atoms with Gasteiger partial charge in [0, 0.05) is 35.4 Å². The van der Waals surface area contributed by atoms with E-state index in [2.05, 4.69) is 10.2 Å². The molecule has 0 saturated carbocycles. The number of benzene rings is 3. The van der Waals surface area contributed by atoms with E-state index in [1.165, 1.54) is 37.8 Å². The lowest BCUT2D eigenvalue weighted by molar-refractivity contribution is -0.118. The van der Waals surface area contributed by atoms with Gasteiger partial charge in [-0.1, -0.05) is 59.8 Å². The Labute approximate surface area is 235 Å². The fourth-order valence-electron chi connectivity index (χ4n) is 4.34. The number of methoxy groups -OCH3 is 3. The molecule has 200 valence electrons. The van der Waals surface area contributed by atoms with E-state index in [9.17, 15) is 4.79 Å². The van der Waals surface area contributed by atoms with Crippen molar-refractivity contribution in [3.63, 3.8) is 0 Å². The van der Waals surface area contributed by atoms with E-state index in [-0.39, 0.29) is 11.8 Å². The summed E-state index contributed by atoms with van der Waals surface area (Å²) in [6.45, 7) is 1.47. The van der Waals surface area contributed by atoms with Crippen molar-refractivity contribution in [3.8, 4) is 34.4 Å². The first-order valence-corrected chi connectivity index (χ1v) is 13.3. The molecule has 1 amide bonds. The van der Waals surface area contributed by atoms with Crippen LogP contribution in [0.15, 0.2) is 65.8 Å². The molecule has 0 radical (unpaired) electrons. The predicted octanol–water partition coefficient (Wildman–Crippen LogP) is 5.95. The minimum Gasteiger partial charge on any atom is -0.496 e. The Morgan fingerprint density at radius 3 is 2.36 bits per heavy atom. The number of anilines is 1. The number of thioether (sulfide) groups is 1. The molecule has 9 nitrogen and oxygen atoms in total. The average molecular weight is 565 g/mol. The summed E-state index contributed by atoms with van der Waals surface area (Å²) in [6, 6.07) is 18.4. The van der Waals surface area contributed by atoms with E-state index in [0.29, 0.717) is 55.7 Å². The number of hydrogen-bond acceptors (Lipinski definition) is 9. The highest BCUT2D eigenvalue weighted by molar-refractivity contribution is 7.98. The number of aromatic nitrogens is 3. The second-order valence-corrected chi connectivity index (χ2v) is 9.80. The van der Waals surface area contributed by atoms with E-state index in [4.69, 9.17) is 35.5 Å². The molecule has 4 aromatic rings. The van der Waals surface area contributed by atoms with Crippen LogP contribution < -0.4 is 23.8 Å². The van der Waals surface area contributed by atoms with Crippen molar-refractivity contribution in [2.75, 3.05) is 26.2 Å². The van der Waals surface area contributed by atoms with Gasteiger partial charge in [-0.25, -0.2) is 0 Å². The summed E-state index contributed by atoms with van der Waals surface area (Å²) in [5, 5.41) is 9.88. The quantitative estimate of drug-likeness (QED) is 0.252. The van der Waals surface area contributed by atoms with E-state index in [1.54, 1.807) is 19.2 Å². The van der Waals surface area contributed by atoms with E-state index in [0.717, 1.165) is 5.56 Å². The van der Waals surface area contributed by atoms with Crippen molar-refractivity contribution in [3.05, 3.63) is 76.8 Å². The number of rotatable bonds is 7. The summed E-state index contributed by atoms with van der Waals surface area (Å²) >= 11 is 7.71. The second kappa shape index (κ2) is 11.4. The van der Waals surface area contributed by atoms with Gasteiger partial charge in [0.2, 0.25) is 23.2 Å². The van der Waals surface area contributed by atoms with Gasteiger partial charge in [-0.05, 0) is 17.7 Å². The monoisotopic (exact) mass is 564 g/mol. The lowest BCUT2D eigenvalue weighted by Gasteiger charge is -2.31. The van der Waals surface area contributed by atoms with Gasteiger partial charge in [-0.3, -0.25) is 9.69 Å². The number of para-hydroxylation sites is 1. The number of nitrogens with zero attached hydrogens (tertiary/aromatic N) is 4. The van der Waals surface area contributed by atoms with Gasteiger partial charge in [-0.2, -0.15) is 4.98 Å². The van der Waals surface area contributed by atoms with Crippen LogP contribution in [0, 0.1) is 0 Å². The zero-order chi connectivity index (χ0) is 27.5. The van der Waals surface area contributed by atoms with Crippen LogP contribution in [0.3, 0.4) is 0 Å². The fraction of sp³-hybridized carbons (Fsp3) is 0.214. The summed E-state index contributed by atoms with van der Waals surface area (Å²) in [7, 11) is 4.61. The summed E-state index contributed by atoms with van der Waals surface area (Å²) in [5.41, 5.74) is 3.08. The molecule has 0 fully saturated rings. The Kier molecular flexibility index (Phi) is 7.76. The number of amides is 1. The zero-order valence-corrected chi connectivity index (χ0v) is 23.2. The van der Waals surface area contributed by atoms with Gasteiger partial charge in [0.05, 0.1) is 32.6 Å². The third-order valence-electron chi connectivity index (χ3n) is 6.17. The summed E-state index contributed by atoms with van der Waals surface area (Å²) in [4.78, 5) is 19.4. The molecule has 0 spiro atoms. The normalized spacial score (nSPS) is 14.0. The molecule has 3 aromatic carbocycles. The molecule has 11 heteroatoms. The summed E-state index contributed by atoms with van der Waals surface area (Å²) in [5.74, 6) is 1.85. The largest absolute Gasteiger partial charge is 0.496 e. The lowest BCUT2D eigenvalue weighted by Crippen LogP contribution is -2.36. The van der Waals surface area contributed by atoms with Crippen molar-refractivity contribution in [1.29, 1.82) is 0 Å². The number of carbonyl (C=O) groups excluding carboxylic acids is 1. The van der Waals surface area contributed by atoms with Crippen molar-refractivity contribution in [2.24, 2.45) is 0 Å². The standard InChI is InChI=1S/C28H25ClN4O5S/c1-16(34)33-21-12-8-6-10-19(21)25-26(30-28(32-31-25)39-15-17-9-5-7-11-20(17)29)38-27(33)24-22(36-3)13-18(35-2)14-23(24)37-4/h5-14,27H,15H2,1-4H3/t27-/m1/s1. The third-order valence-corrected chi connectivity index (χ3v) is 7.42. The maximum absolute atomic E-state index is 13.2. The number of ether oxygens (including phenoxy) is 4. The van der Waals surface area contributed by atoms with E-state index < -0.39 is 6.23 Å². The molecule has 0 aliphatic carbocycles. The molecule has 2 heterocycles. The predicted molar refractivity (Wildman–Crippen MR) is 149 cm³/mol. The molecule has 0 saturated heterocycles. The van der Waals surface area contributed by atoms with Gasteiger partial charge >= 0.3 is 0 Å². The number of carbonyl (C=O) groups is 1. The SMILES string of the molecule is COc1cc(OC)c([C@H]2Oc3nc(SCc4ccccc4Cl)nnc3-c3ccccc3N2C(C)=O)c(OC)c1. The first-order valence-electron chi connectivity index (χ1n) is 11.9. The van der Waals surface area contributed by atoms with Crippen LogP contribution in [-0.4, -0.2) is 42.4 Å². The Morgan fingerprint density at radius 2 is 1.69 bits per heavy atom. The fourth-order valence-corrected chi connectivity index (χ4v) is 5.40. The Morgan fingerprint density at radius 1 is 1.00 bits per heavy atom. The Hall–Kier alpha value is -4.02. The van der Waals surface area contributed by atoms with Crippen molar-refractivity contribution in [2.45, 2.75) is 24.1 Å². The zero-order valence-electron chi connectivity index (χ0n) is 21.7. The summed E-state index contributed by atoms with van der Waals surface area (Å²) < 4.78 is 23.4. The highest BCUT2D eigenvalue weighted by Crippen LogP contribution is 2.48. The van der Waals surface area contributed by atoms with Gasteiger partial charge in [0.15, 0.2) is 5.69 Å². The Bertz CT molecular complexity index is 1510. The van der Waals surface area contributed by atoms with Crippen LogP contribution in [0.25, 0.3) is 11.3 Å². The molecule has 1 aliphatic rings. The molecule has 0 bridgehead atoms. The molecule has 5 rings (SSSR count). The van der Waals surface area contributed by atoms with Crippen LogP contribution in [0.5, 0.6) is 23.1 Å². The van der Waals surface area contributed by atoms with Gasteiger partial charge in [0.1, 0.15) is 17.2 Å². The topological polar surface area (TPSA) is 95.9 Å². The molecule has 1 aliphatic heterocycles. The van der Waals surface area contributed by atoms with E-state index >= 15 is 0 Å². The van der Waals surface area contributed by atoms with Crippen molar-refractivity contribution in [1.82, 2.24) is 15.2 Å². The second-order valence-electron chi connectivity index (χ2n) is 8.45. The number of fused-ring (bicyclic) bond motifs is 3.